The third kappa shape index (κ3) is 1.76. The summed E-state index contributed by atoms with van der Waals surface area (Å²) in [6.07, 6.45) is 1.43. The lowest BCUT2D eigenvalue weighted by atomic mass is 10.2. The summed E-state index contributed by atoms with van der Waals surface area (Å²) >= 11 is 6.12. The first kappa shape index (κ1) is 11.0. The number of hydrogen-bond donors (Lipinski definition) is 1. The van der Waals surface area contributed by atoms with Crippen LogP contribution >= 0.6 is 11.6 Å². The van der Waals surface area contributed by atoms with Crippen molar-refractivity contribution in [3.05, 3.63) is 28.5 Å². The maximum atomic E-state index is 11.6. The summed E-state index contributed by atoms with van der Waals surface area (Å²) in [5.74, 6) is -0.444. The van der Waals surface area contributed by atoms with Crippen LogP contribution in [0.25, 0.3) is 11.0 Å². The Kier molecular flexibility index (Phi) is 2.83. The fraction of sp³-hybridized carbons (Fsp3) is 0.273. The zero-order chi connectivity index (χ0) is 11.7. The highest BCUT2D eigenvalue weighted by atomic mass is 35.5. The smallest absolute Gasteiger partial charge is 0.341 e. The van der Waals surface area contributed by atoms with Crippen molar-refractivity contribution in [1.82, 2.24) is 9.97 Å². The van der Waals surface area contributed by atoms with E-state index >= 15 is 0 Å². The van der Waals surface area contributed by atoms with Gasteiger partial charge in [0.15, 0.2) is 0 Å². The summed E-state index contributed by atoms with van der Waals surface area (Å²) in [4.78, 5) is 18.7. The Morgan fingerprint density at radius 1 is 1.62 bits per heavy atom. The second kappa shape index (κ2) is 4.14. The minimum atomic E-state index is -0.444. The van der Waals surface area contributed by atoms with E-state index in [1.807, 2.05) is 13.0 Å². The second-order valence-corrected chi connectivity index (χ2v) is 3.80. The van der Waals surface area contributed by atoms with E-state index in [1.165, 1.54) is 6.20 Å². The molecule has 0 fully saturated rings. The summed E-state index contributed by atoms with van der Waals surface area (Å²) < 4.78 is 4.89. The number of halogens is 1. The number of carbonyl (C=O) groups is 1. The highest BCUT2D eigenvalue weighted by Crippen LogP contribution is 2.26. The average Bonchev–Trinajstić information content (AvgIpc) is 2.60. The molecule has 2 aromatic heterocycles. The average molecular weight is 239 g/mol. The van der Waals surface area contributed by atoms with Crippen molar-refractivity contribution in [3.8, 4) is 0 Å². The molecule has 0 spiro atoms. The van der Waals surface area contributed by atoms with E-state index < -0.39 is 5.97 Å². The fourth-order valence-corrected chi connectivity index (χ4v) is 1.80. The standard InChI is InChI=1S/C11H11ClN2O2/c1-3-16-11(15)8-5-13-10-7(9(8)12)4-6(2)14-10/h4-5H,3H2,1-2H3,(H,13,14). The third-order valence-electron chi connectivity index (χ3n) is 2.22. The van der Waals surface area contributed by atoms with Crippen LogP contribution in [0.1, 0.15) is 23.0 Å². The van der Waals surface area contributed by atoms with Gasteiger partial charge < -0.3 is 9.72 Å². The topological polar surface area (TPSA) is 55.0 Å². The van der Waals surface area contributed by atoms with Gasteiger partial charge in [0.05, 0.1) is 17.2 Å². The zero-order valence-corrected chi connectivity index (χ0v) is 9.76. The molecule has 1 N–H and O–H groups in total. The molecule has 0 unspecified atom stereocenters. The van der Waals surface area contributed by atoms with Crippen LogP contribution in [0, 0.1) is 6.92 Å². The molecule has 16 heavy (non-hydrogen) atoms. The van der Waals surface area contributed by atoms with E-state index in [0.29, 0.717) is 22.8 Å². The molecule has 2 heterocycles. The van der Waals surface area contributed by atoms with Crippen molar-refractivity contribution in [1.29, 1.82) is 0 Å². The van der Waals surface area contributed by atoms with Crippen molar-refractivity contribution in [2.45, 2.75) is 13.8 Å². The normalized spacial score (nSPS) is 10.7. The number of nitrogens with one attached hydrogen (secondary N) is 1. The molecule has 2 rings (SSSR count). The van der Waals surface area contributed by atoms with Gasteiger partial charge in [-0.15, -0.1) is 0 Å². The Hall–Kier alpha value is -1.55. The maximum absolute atomic E-state index is 11.6. The highest BCUT2D eigenvalue weighted by molar-refractivity contribution is 6.38. The first-order valence-electron chi connectivity index (χ1n) is 4.94. The predicted octanol–water partition coefficient (Wildman–Crippen LogP) is 2.70. The van der Waals surface area contributed by atoms with Gasteiger partial charge in [-0.05, 0) is 19.9 Å². The number of carbonyl (C=O) groups excluding carboxylic acids is 1. The van der Waals surface area contributed by atoms with Gasteiger partial charge in [0.1, 0.15) is 5.65 Å². The first-order valence-corrected chi connectivity index (χ1v) is 5.32. The van der Waals surface area contributed by atoms with Crippen LogP contribution in [0.2, 0.25) is 5.02 Å². The molecule has 5 heteroatoms. The monoisotopic (exact) mass is 238 g/mol. The predicted molar refractivity (Wildman–Crippen MR) is 61.8 cm³/mol. The van der Waals surface area contributed by atoms with Crippen LogP contribution in [-0.4, -0.2) is 22.5 Å². The Labute approximate surface area is 97.6 Å². The molecule has 4 nitrogen and oxygen atoms in total. The summed E-state index contributed by atoms with van der Waals surface area (Å²) in [6, 6.07) is 1.85. The molecule has 0 saturated heterocycles. The number of esters is 1. The van der Waals surface area contributed by atoms with Crippen LogP contribution in [0.5, 0.6) is 0 Å². The minimum Gasteiger partial charge on any atom is -0.462 e. The lowest BCUT2D eigenvalue weighted by Gasteiger charge is -2.03. The number of ether oxygens (including phenoxy) is 1. The van der Waals surface area contributed by atoms with Gasteiger partial charge in [-0.25, -0.2) is 9.78 Å². The molecular formula is C11H11ClN2O2. The van der Waals surface area contributed by atoms with E-state index in [4.69, 9.17) is 16.3 Å². The fourth-order valence-electron chi connectivity index (χ4n) is 1.53. The van der Waals surface area contributed by atoms with Gasteiger partial charge in [0, 0.05) is 17.3 Å². The number of nitrogens with zero attached hydrogens (tertiary/aromatic N) is 1. The number of H-pyrrole nitrogens is 1. The van der Waals surface area contributed by atoms with Crippen molar-refractivity contribution >= 4 is 28.6 Å². The van der Waals surface area contributed by atoms with Crippen LogP contribution < -0.4 is 0 Å². The van der Waals surface area contributed by atoms with Gasteiger partial charge >= 0.3 is 5.97 Å². The molecule has 0 saturated carbocycles. The lowest BCUT2D eigenvalue weighted by molar-refractivity contribution is 0.0526. The first-order chi connectivity index (χ1) is 7.63. The Balaban J connectivity index is 2.55. The van der Waals surface area contributed by atoms with Gasteiger partial charge in [0.2, 0.25) is 0 Å². The lowest BCUT2D eigenvalue weighted by Crippen LogP contribution is -2.06. The number of rotatable bonds is 2. The quantitative estimate of drug-likeness (QED) is 0.819. The molecule has 0 radical (unpaired) electrons. The summed E-state index contributed by atoms with van der Waals surface area (Å²) in [6.45, 7) is 3.97. The van der Waals surface area contributed by atoms with Crippen molar-refractivity contribution in [2.75, 3.05) is 6.61 Å². The Morgan fingerprint density at radius 3 is 3.06 bits per heavy atom. The summed E-state index contributed by atoms with van der Waals surface area (Å²) in [5, 5.41) is 1.12. The number of aromatic amines is 1. The van der Waals surface area contributed by atoms with E-state index in [9.17, 15) is 4.79 Å². The zero-order valence-electron chi connectivity index (χ0n) is 9.00. The molecule has 0 atom stereocenters. The van der Waals surface area contributed by atoms with Gasteiger partial charge in [0.25, 0.3) is 0 Å². The molecule has 0 aliphatic rings. The molecule has 0 aliphatic heterocycles. The Bertz CT molecular complexity index is 548. The van der Waals surface area contributed by atoms with Crippen LogP contribution in [0.4, 0.5) is 0 Å². The van der Waals surface area contributed by atoms with Crippen molar-refractivity contribution in [3.63, 3.8) is 0 Å². The number of aryl methyl sites for hydroxylation is 1. The summed E-state index contributed by atoms with van der Waals surface area (Å²) in [7, 11) is 0. The third-order valence-corrected chi connectivity index (χ3v) is 2.63. The highest BCUT2D eigenvalue weighted by Gasteiger charge is 2.15. The minimum absolute atomic E-state index is 0.301. The van der Waals surface area contributed by atoms with E-state index in [2.05, 4.69) is 9.97 Å². The van der Waals surface area contributed by atoms with E-state index in [0.717, 1.165) is 11.1 Å². The number of pyridine rings is 1. The number of fused-ring (bicyclic) bond motifs is 1. The van der Waals surface area contributed by atoms with Gasteiger partial charge in [-0.2, -0.15) is 0 Å². The number of aromatic nitrogens is 2. The van der Waals surface area contributed by atoms with Crippen LogP contribution in [0.3, 0.4) is 0 Å². The van der Waals surface area contributed by atoms with Gasteiger partial charge in [-0.1, -0.05) is 11.6 Å². The van der Waals surface area contributed by atoms with Crippen LogP contribution in [-0.2, 0) is 4.74 Å². The van der Waals surface area contributed by atoms with Crippen molar-refractivity contribution in [2.24, 2.45) is 0 Å². The largest absolute Gasteiger partial charge is 0.462 e. The van der Waals surface area contributed by atoms with E-state index in [-0.39, 0.29) is 0 Å². The van der Waals surface area contributed by atoms with Gasteiger partial charge in [-0.3, -0.25) is 0 Å². The van der Waals surface area contributed by atoms with Crippen LogP contribution in [0.15, 0.2) is 12.3 Å². The summed E-state index contributed by atoms with van der Waals surface area (Å²) in [5.41, 5.74) is 1.93. The van der Waals surface area contributed by atoms with Crippen molar-refractivity contribution < 1.29 is 9.53 Å². The molecule has 84 valence electrons. The molecule has 0 aromatic carbocycles. The molecule has 0 aliphatic carbocycles. The second-order valence-electron chi connectivity index (χ2n) is 3.42. The molecule has 0 bridgehead atoms. The van der Waals surface area contributed by atoms with E-state index in [1.54, 1.807) is 6.92 Å². The Morgan fingerprint density at radius 2 is 2.38 bits per heavy atom. The molecular weight excluding hydrogens is 228 g/mol. The maximum Gasteiger partial charge on any atom is 0.341 e. The molecule has 2 aromatic rings. The number of hydrogen-bond acceptors (Lipinski definition) is 3. The molecule has 0 amide bonds. The SMILES string of the molecule is CCOC(=O)c1cnc2[nH]c(C)cc2c1Cl.